The van der Waals surface area contributed by atoms with Crippen LogP contribution in [0.1, 0.15) is 22.8 Å². The molecule has 5 nitrogen and oxygen atoms in total. The Morgan fingerprint density at radius 2 is 1.86 bits per heavy atom. The van der Waals surface area contributed by atoms with E-state index in [-0.39, 0.29) is 11.7 Å². The van der Waals surface area contributed by atoms with Gasteiger partial charge in [0.05, 0.1) is 33.0 Å². The number of hydrogen-bond acceptors (Lipinski definition) is 5. The number of aryl methyl sites for hydroxylation is 1. The third-order valence-electron chi connectivity index (χ3n) is 4.07. The molecule has 22 heavy (non-hydrogen) atoms. The van der Waals surface area contributed by atoms with Crippen LogP contribution in [0.25, 0.3) is 0 Å². The Balaban J connectivity index is 2.15. The summed E-state index contributed by atoms with van der Waals surface area (Å²) in [6.45, 7) is 7.90. The van der Waals surface area contributed by atoms with E-state index in [1.54, 1.807) is 20.3 Å². The molecule has 0 saturated carbocycles. The predicted octanol–water partition coefficient (Wildman–Crippen LogP) is 2.16. The van der Waals surface area contributed by atoms with Crippen LogP contribution in [-0.4, -0.2) is 57.8 Å². The highest BCUT2D eigenvalue weighted by Gasteiger charge is 2.23. The van der Waals surface area contributed by atoms with Crippen LogP contribution < -0.4 is 9.47 Å². The average molecular weight is 307 g/mol. The third kappa shape index (κ3) is 3.78. The highest BCUT2D eigenvalue weighted by atomic mass is 16.5. The molecule has 0 aliphatic carbocycles. The molecular weight excluding hydrogens is 282 g/mol. The summed E-state index contributed by atoms with van der Waals surface area (Å²) in [5, 5.41) is 0. The average Bonchev–Trinajstić information content (AvgIpc) is 2.54. The number of benzene rings is 1. The second-order valence-electron chi connectivity index (χ2n) is 5.70. The number of methoxy groups -OCH3 is 2. The molecule has 2 rings (SSSR count). The number of nitrogens with zero attached hydrogens (tertiary/aromatic N) is 1. The second kappa shape index (κ2) is 7.61. The number of rotatable bonds is 6. The summed E-state index contributed by atoms with van der Waals surface area (Å²) in [6, 6.07) is 3.64. The molecular formula is C17H25NO4. The summed E-state index contributed by atoms with van der Waals surface area (Å²) in [5.41, 5.74) is 1.56. The monoisotopic (exact) mass is 307 g/mol. The Labute approximate surface area is 132 Å². The van der Waals surface area contributed by atoms with Crippen LogP contribution in [0.15, 0.2) is 12.1 Å². The van der Waals surface area contributed by atoms with Gasteiger partial charge in [0.25, 0.3) is 0 Å². The zero-order chi connectivity index (χ0) is 16.1. The topological polar surface area (TPSA) is 48.0 Å². The summed E-state index contributed by atoms with van der Waals surface area (Å²) < 4.78 is 16.0. The van der Waals surface area contributed by atoms with Crippen molar-refractivity contribution in [2.24, 2.45) is 5.92 Å². The summed E-state index contributed by atoms with van der Waals surface area (Å²) in [6.07, 6.45) is 0. The standard InChI is InChI=1S/C17H25NO4/c1-12-9-14(16(21-4)10-15(12)20-3)17(19)13(2)11-18-5-7-22-8-6-18/h9-10,13H,5-8,11H2,1-4H3. The number of hydrogen-bond donors (Lipinski definition) is 0. The van der Waals surface area contributed by atoms with Gasteiger partial charge in [-0.1, -0.05) is 6.92 Å². The van der Waals surface area contributed by atoms with Gasteiger partial charge in [0.1, 0.15) is 11.5 Å². The minimum atomic E-state index is -0.0835. The van der Waals surface area contributed by atoms with Gasteiger partial charge < -0.3 is 14.2 Å². The first-order chi connectivity index (χ1) is 10.6. The Kier molecular flexibility index (Phi) is 5.80. The van der Waals surface area contributed by atoms with Gasteiger partial charge in [-0.2, -0.15) is 0 Å². The minimum absolute atomic E-state index is 0.0835. The fourth-order valence-corrected chi connectivity index (χ4v) is 2.77. The molecule has 122 valence electrons. The van der Waals surface area contributed by atoms with Crippen molar-refractivity contribution in [1.82, 2.24) is 4.90 Å². The van der Waals surface area contributed by atoms with Crippen molar-refractivity contribution >= 4 is 5.78 Å². The summed E-state index contributed by atoms with van der Waals surface area (Å²) in [7, 11) is 3.19. The molecule has 1 atom stereocenters. The number of carbonyl (C=O) groups excluding carboxylic acids is 1. The number of Topliss-reactive ketones (excluding diaryl/α,β-unsaturated/α-hetero) is 1. The van der Waals surface area contributed by atoms with Gasteiger partial charge in [-0.15, -0.1) is 0 Å². The molecule has 0 amide bonds. The van der Waals surface area contributed by atoms with E-state index in [0.717, 1.165) is 44.2 Å². The molecule has 1 heterocycles. The molecule has 1 aliphatic rings. The summed E-state index contributed by atoms with van der Waals surface area (Å²) >= 11 is 0. The van der Waals surface area contributed by atoms with Crippen LogP contribution in [0.2, 0.25) is 0 Å². The van der Waals surface area contributed by atoms with Crippen LogP contribution in [0.3, 0.4) is 0 Å². The molecule has 0 radical (unpaired) electrons. The molecule has 1 aromatic carbocycles. The molecule has 1 unspecified atom stereocenters. The van der Waals surface area contributed by atoms with Crippen molar-refractivity contribution in [2.75, 3.05) is 47.1 Å². The zero-order valence-electron chi connectivity index (χ0n) is 13.8. The fraction of sp³-hybridized carbons (Fsp3) is 0.588. The Hall–Kier alpha value is -1.59. The van der Waals surface area contributed by atoms with E-state index in [4.69, 9.17) is 14.2 Å². The van der Waals surface area contributed by atoms with Crippen molar-refractivity contribution in [3.8, 4) is 11.5 Å². The van der Waals surface area contributed by atoms with Gasteiger partial charge in [-0.05, 0) is 18.6 Å². The van der Waals surface area contributed by atoms with Crippen LogP contribution in [-0.2, 0) is 4.74 Å². The van der Waals surface area contributed by atoms with E-state index < -0.39 is 0 Å². The quantitative estimate of drug-likeness (QED) is 0.754. The van der Waals surface area contributed by atoms with E-state index in [1.807, 2.05) is 19.9 Å². The van der Waals surface area contributed by atoms with E-state index in [9.17, 15) is 4.79 Å². The van der Waals surface area contributed by atoms with Gasteiger partial charge in [0.2, 0.25) is 0 Å². The molecule has 1 aromatic rings. The zero-order valence-corrected chi connectivity index (χ0v) is 13.8. The Morgan fingerprint density at radius 3 is 2.45 bits per heavy atom. The largest absolute Gasteiger partial charge is 0.496 e. The maximum Gasteiger partial charge on any atom is 0.170 e. The molecule has 0 spiro atoms. The number of ether oxygens (including phenoxy) is 3. The molecule has 5 heteroatoms. The predicted molar refractivity (Wildman–Crippen MR) is 85.0 cm³/mol. The SMILES string of the molecule is COc1cc(OC)c(C(=O)C(C)CN2CCOCC2)cc1C. The number of carbonyl (C=O) groups is 1. The Morgan fingerprint density at radius 1 is 1.23 bits per heavy atom. The molecule has 0 bridgehead atoms. The minimum Gasteiger partial charge on any atom is -0.496 e. The van der Waals surface area contributed by atoms with Crippen molar-refractivity contribution in [1.29, 1.82) is 0 Å². The highest BCUT2D eigenvalue weighted by molar-refractivity contribution is 6.00. The lowest BCUT2D eigenvalue weighted by Crippen LogP contribution is -2.40. The molecule has 0 N–H and O–H groups in total. The molecule has 1 fully saturated rings. The van der Waals surface area contributed by atoms with E-state index >= 15 is 0 Å². The van der Waals surface area contributed by atoms with Crippen molar-refractivity contribution in [3.05, 3.63) is 23.3 Å². The van der Waals surface area contributed by atoms with Crippen molar-refractivity contribution < 1.29 is 19.0 Å². The first-order valence-corrected chi connectivity index (χ1v) is 7.63. The van der Waals surface area contributed by atoms with E-state index in [1.165, 1.54) is 0 Å². The molecule has 0 aromatic heterocycles. The normalized spacial score (nSPS) is 17.1. The van der Waals surface area contributed by atoms with E-state index in [2.05, 4.69) is 4.90 Å². The smallest absolute Gasteiger partial charge is 0.170 e. The van der Waals surface area contributed by atoms with Gasteiger partial charge >= 0.3 is 0 Å². The lowest BCUT2D eigenvalue weighted by atomic mass is 9.96. The maximum atomic E-state index is 12.8. The van der Waals surface area contributed by atoms with Crippen molar-refractivity contribution in [2.45, 2.75) is 13.8 Å². The van der Waals surface area contributed by atoms with Gasteiger partial charge in [0.15, 0.2) is 5.78 Å². The summed E-state index contributed by atoms with van der Waals surface area (Å²) in [5.74, 6) is 1.32. The first-order valence-electron chi connectivity index (χ1n) is 7.63. The van der Waals surface area contributed by atoms with Crippen LogP contribution >= 0.6 is 0 Å². The van der Waals surface area contributed by atoms with Crippen LogP contribution in [0.4, 0.5) is 0 Å². The second-order valence-corrected chi connectivity index (χ2v) is 5.70. The van der Waals surface area contributed by atoms with Gasteiger partial charge in [-0.25, -0.2) is 0 Å². The van der Waals surface area contributed by atoms with Crippen LogP contribution in [0, 0.1) is 12.8 Å². The van der Waals surface area contributed by atoms with E-state index in [0.29, 0.717) is 11.3 Å². The summed E-state index contributed by atoms with van der Waals surface area (Å²) in [4.78, 5) is 15.0. The molecule has 1 saturated heterocycles. The highest BCUT2D eigenvalue weighted by Crippen LogP contribution is 2.30. The number of morpholine rings is 1. The van der Waals surface area contributed by atoms with Gasteiger partial charge in [-0.3, -0.25) is 9.69 Å². The molecule has 1 aliphatic heterocycles. The fourth-order valence-electron chi connectivity index (χ4n) is 2.77. The third-order valence-corrected chi connectivity index (χ3v) is 4.07. The first kappa shape index (κ1) is 16.8. The number of ketones is 1. The maximum absolute atomic E-state index is 12.8. The van der Waals surface area contributed by atoms with Crippen molar-refractivity contribution in [3.63, 3.8) is 0 Å². The lowest BCUT2D eigenvalue weighted by molar-refractivity contribution is 0.0312. The Bertz CT molecular complexity index is 524. The van der Waals surface area contributed by atoms with Crippen LogP contribution in [0.5, 0.6) is 11.5 Å². The van der Waals surface area contributed by atoms with Gasteiger partial charge in [0, 0.05) is 31.6 Å². The lowest BCUT2D eigenvalue weighted by Gasteiger charge is -2.28.